The van der Waals surface area contributed by atoms with Crippen molar-refractivity contribution < 1.29 is 14.3 Å². The van der Waals surface area contributed by atoms with E-state index in [0.29, 0.717) is 0 Å². The van der Waals surface area contributed by atoms with Crippen LogP contribution in [0.4, 0.5) is 0 Å². The maximum atomic E-state index is 10.1. The van der Waals surface area contributed by atoms with Crippen molar-refractivity contribution in [1.29, 1.82) is 0 Å². The van der Waals surface area contributed by atoms with Crippen molar-refractivity contribution in [2.24, 2.45) is 0 Å². The van der Waals surface area contributed by atoms with Crippen molar-refractivity contribution >= 4 is 41.4 Å². The van der Waals surface area contributed by atoms with Gasteiger partial charge in [-0.1, -0.05) is 0 Å². The van der Waals surface area contributed by atoms with Crippen LogP contribution in [-0.2, 0) is 14.3 Å². The minimum absolute atomic E-state index is 0.0343. The van der Waals surface area contributed by atoms with Crippen molar-refractivity contribution in [3.63, 3.8) is 0 Å². The second-order valence-corrected chi connectivity index (χ2v) is 3.15. The Bertz CT molecular complexity index is 109. The second-order valence-electron chi connectivity index (χ2n) is 1.24. The molecule has 0 saturated heterocycles. The number of rotatable bonds is 4. The Labute approximate surface area is 69.1 Å². The summed E-state index contributed by atoms with van der Waals surface area (Å²) in [4.78, 5) is 20.2. The summed E-state index contributed by atoms with van der Waals surface area (Å²) in [5.41, 5.74) is 0. The van der Waals surface area contributed by atoms with Gasteiger partial charge in [-0.15, -0.1) is 0 Å². The van der Waals surface area contributed by atoms with Gasteiger partial charge in [0.1, 0.15) is 0 Å². The molecule has 50 valence electrons. The van der Waals surface area contributed by atoms with E-state index >= 15 is 0 Å². The molecule has 0 aromatic rings. The van der Waals surface area contributed by atoms with Crippen LogP contribution in [0.1, 0.15) is 0 Å². The molecule has 0 heterocycles. The van der Waals surface area contributed by atoms with Gasteiger partial charge >= 0.3 is 68.9 Å². The fourth-order valence-corrected chi connectivity index (χ4v) is 0.567. The third-order valence-electron chi connectivity index (χ3n) is 0.440. The van der Waals surface area contributed by atoms with Gasteiger partial charge in [-0.2, -0.15) is 0 Å². The molecule has 0 N–H and O–H groups in total. The van der Waals surface area contributed by atoms with Gasteiger partial charge in [0, 0.05) is 0 Å². The normalized spacial score (nSPS) is 8.89. The molecule has 2 radical (unpaired) electrons. The predicted molar refractivity (Wildman–Crippen MR) is 32.3 cm³/mol. The molecule has 0 bridgehead atoms. The molecule has 9 heavy (non-hydrogen) atoms. The SMILES string of the molecule is O=C([Se])COCC(=O)[Se]. The van der Waals surface area contributed by atoms with E-state index in [1.807, 2.05) is 0 Å². The first-order valence-corrected chi connectivity index (χ1v) is 3.81. The van der Waals surface area contributed by atoms with Crippen molar-refractivity contribution in [2.45, 2.75) is 0 Å². The number of hydrogen-bond acceptors (Lipinski definition) is 3. The van der Waals surface area contributed by atoms with E-state index in [1.54, 1.807) is 0 Å². The van der Waals surface area contributed by atoms with Gasteiger partial charge in [-0.25, -0.2) is 0 Å². The van der Waals surface area contributed by atoms with E-state index in [9.17, 15) is 9.59 Å². The van der Waals surface area contributed by atoms with Crippen LogP contribution in [0.2, 0.25) is 0 Å². The Hall–Kier alpha value is 0.339. The van der Waals surface area contributed by atoms with Gasteiger partial charge < -0.3 is 0 Å². The maximum absolute atomic E-state index is 10.1. The Morgan fingerprint density at radius 2 is 1.44 bits per heavy atom. The number of hydrogen-bond donors (Lipinski definition) is 0. The summed E-state index contributed by atoms with van der Waals surface area (Å²) in [5, 5.41) is 0. The molecular formula is C4H4O3Se2. The monoisotopic (exact) mass is 260 g/mol. The van der Waals surface area contributed by atoms with Crippen LogP contribution in [0.5, 0.6) is 0 Å². The van der Waals surface area contributed by atoms with E-state index in [-0.39, 0.29) is 22.6 Å². The molecule has 0 aromatic heterocycles. The van der Waals surface area contributed by atoms with E-state index in [4.69, 9.17) is 0 Å². The van der Waals surface area contributed by atoms with Crippen molar-refractivity contribution in [3.8, 4) is 0 Å². The first-order valence-electron chi connectivity index (χ1n) is 2.10. The summed E-state index contributed by atoms with van der Waals surface area (Å²) >= 11 is 4.46. The molecule has 0 amide bonds. The van der Waals surface area contributed by atoms with Gasteiger partial charge in [0.15, 0.2) is 0 Å². The molecule has 0 spiro atoms. The zero-order valence-electron chi connectivity index (χ0n) is 4.46. The quantitative estimate of drug-likeness (QED) is 0.570. The number of carbonyl (C=O) groups excluding carboxylic acids is 2. The fourth-order valence-electron chi connectivity index (χ4n) is 0.218. The predicted octanol–water partition coefficient (Wildman–Crippen LogP) is -1.61. The Morgan fingerprint density at radius 1 is 1.11 bits per heavy atom. The van der Waals surface area contributed by atoms with Crippen LogP contribution >= 0.6 is 0 Å². The molecule has 0 fully saturated rings. The summed E-state index contributed by atoms with van der Waals surface area (Å²) in [7, 11) is 0. The summed E-state index contributed by atoms with van der Waals surface area (Å²) < 4.78 is 4.20. The molecule has 3 nitrogen and oxygen atoms in total. The first kappa shape index (κ1) is 9.34. The van der Waals surface area contributed by atoms with Gasteiger partial charge in [0.25, 0.3) is 0 Å². The Kier molecular flexibility index (Phi) is 5.34. The van der Waals surface area contributed by atoms with E-state index in [1.165, 1.54) is 0 Å². The van der Waals surface area contributed by atoms with Gasteiger partial charge in [0.2, 0.25) is 0 Å². The summed E-state index contributed by atoms with van der Waals surface area (Å²) in [6, 6.07) is 0. The van der Waals surface area contributed by atoms with Gasteiger partial charge in [-0.05, 0) is 0 Å². The minimum atomic E-state index is -0.198. The van der Waals surface area contributed by atoms with Crippen LogP contribution in [-0.4, -0.2) is 54.6 Å². The van der Waals surface area contributed by atoms with Gasteiger partial charge in [0.05, 0.1) is 0 Å². The van der Waals surface area contributed by atoms with Crippen LogP contribution in [0.3, 0.4) is 0 Å². The van der Waals surface area contributed by atoms with E-state index < -0.39 is 0 Å². The second kappa shape index (κ2) is 5.15. The van der Waals surface area contributed by atoms with Crippen LogP contribution in [0, 0.1) is 0 Å². The van der Waals surface area contributed by atoms with E-state index in [2.05, 4.69) is 36.8 Å². The molecule has 0 aromatic carbocycles. The van der Waals surface area contributed by atoms with Crippen LogP contribution in [0.25, 0.3) is 0 Å². The molecule has 0 atom stereocenters. The van der Waals surface area contributed by atoms with Crippen LogP contribution in [0.15, 0.2) is 0 Å². The van der Waals surface area contributed by atoms with Crippen molar-refractivity contribution in [1.82, 2.24) is 0 Å². The van der Waals surface area contributed by atoms with Crippen molar-refractivity contribution in [2.75, 3.05) is 13.2 Å². The summed E-state index contributed by atoms with van der Waals surface area (Å²) in [6.07, 6.45) is 0. The molecular weight excluding hydrogens is 254 g/mol. The standard InChI is InChI=1S/C4H4O3Se2/c5-3(8)1-7-2-4(6)9/h1-2H2. The molecule has 0 saturated carbocycles. The zero-order valence-corrected chi connectivity index (χ0v) is 7.88. The molecule has 5 heteroatoms. The molecule has 0 aliphatic carbocycles. The molecule has 0 aliphatic heterocycles. The topological polar surface area (TPSA) is 43.4 Å². The van der Waals surface area contributed by atoms with Crippen molar-refractivity contribution in [3.05, 3.63) is 0 Å². The first-order chi connectivity index (χ1) is 4.13. The molecule has 0 unspecified atom stereocenters. The molecule has 0 rings (SSSR count). The van der Waals surface area contributed by atoms with Gasteiger partial charge in [-0.3, -0.25) is 0 Å². The Balaban J connectivity index is 3.10. The zero-order chi connectivity index (χ0) is 7.28. The van der Waals surface area contributed by atoms with E-state index in [0.717, 1.165) is 0 Å². The third kappa shape index (κ3) is 8.34. The third-order valence-corrected chi connectivity index (χ3v) is 0.934. The number of ether oxygens (including phenoxy) is 1. The summed E-state index contributed by atoms with van der Waals surface area (Å²) in [5.74, 6) is 0. The van der Waals surface area contributed by atoms with Crippen LogP contribution < -0.4 is 0 Å². The fraction of sp³-hybridized carbons (Fsp3) is 0.500. The Morgan fingerprint density at radius 3 is 1.67 bits per heavy atom. The molecule has 0 aliphatic rings. The summed E-state index contributed by atoms with van der Waals surface area (Å²) in [6.45, 7) is -0.0686. The average Bonchev–Trinajstić information content (AvgIpc) is 1.63. The average molecular weight is 258 g/mol. The number of carbonyl (C=O) groups is 2.